The second-order valence-electron chi connectivity index (χ2n) is 7.12. The summed E-state index contributed by atoms with van der Waals surface area (Å²) in [5.74, 6) is 1.34. The Morgan fingerprint density at radius 1 is 1.06 bits per heavy atom. The fourth-order valence-corrected chi connectivity index (χ4v) is 3.30. The maximum Gasteiger partial charge on any atom is 0.259 e. The topological polar surface area (TPSA) is 77.7 Å². The van der Waals surface area contributed by atoms with Gasteiger partial charge in [-0.3, -0.25) is 4.79 Å². The first-order valence-corrected chi connectivity index (χ1v) is 9.91. The largest absolute Gasteiger partial charge is 0.497 e. The van der Waals surface area contributed by atoms with Crippen LogP contribution < -0.4 is 9.47 Å². The van der Waals surface area contributed by atoms with Crippen molar-refractivity contribution in [3.63, 3.8) is 0 Å². The Kier molecular flexibility index (Phi) is 5.84. The van der Waals surface area contributed by atoms with Crippen molar-refractivity contribution in [3.8, 4) is 22.8 Å². The number of rotatable bonds is 7. The lowest BCUT2D eigenvalue weighted by atomic mass is 10.0. The summed E-state index contributed by atoms with van der Waals surface area (Å²) in [5, 5.41) is 4.64. The van der Waals surface area contributed by atoms with Crippen LogP contribution in [0.2, 0.25) is 0 Å². The molecule has 2 aromatic heterocycles. The molecule has 0 spiro atoms. The van der Waals surface area contributed by atoms with Gasteiger partial charge < -0.3 is 18.9 Å². The molecule has 31 heavy (non-hydrogen) atoms. The van der Waals surface area contributed by atoms with Crippen molar-refractivity contribution < 1.29 is 18.8 Å². The number of ether oxygens (including phenoxy) is 2. The van der Waals surface area contributed by atoms with E-state index in [4.69, 9.17) is 14.0 Å². The number of aryl methyl sites for hydroxylation is 1. The third-order valence-electron chi connectivity index (χ3n) is 5.02. The van der Waals surface area contributed by atoms with Crippen LogP contribution >= 0.6 is 0 Å². The Bertz CT molecular complexity index is 1190. The molecule has 0 atom stereocenters. The summed E-state index contributed by atoms with van der Waals surface area (Å²) in [7, 11) is 3.37. The number of carbonyl (C=O) groups is 1. The van der Waals surface area contributed by atoms with Crippen molar-refractivity contribution in [1.82, 2.24) is 15.0 Å². The first kappa shape index (κ1) is 20.4. The van der Waals surface area contributed by atoms with Crippen molar-refractivity contribution in [3.05, 3.63) is 71.9 Å². The van der Waals surface area contributed by atoms with Gasteiger partial charge in [0.1, 0.15) is 18.1 Å². The van der Waals surface area contributed by atoms with Gasteiger partial charge in [-0.05, 0) is 37.3 Å². The molecule has 0 saturated heterocycles. The quantitative estimate of drug-likeness (QED) is 0.445. The predicted octanol–water partition coefficient (Wildman–Crippen LogP) is 4.36. The second kappa shape index (κ2) is 8.87. The van der Waals surface area contributed by atoms with Crippen molar-refractivity contribution in [2.45, 2.75) is 6.92 Å². The highest BCUT2D eigenvalue weighted by atomic mass is 16.5. The number of benzene rings is 2. The Morgan fingerprint density at radius 3 is 2.48 bits per heavy atom. The molecule has 0 unspecified atom stereocenters. The number of amides is 1. The van der Waals surface area contributed by atoms with Crippen LogP contribution in [0.15, 0.2) is 65.2 Å². The molecule has 1 amide bonds. The summed E-state index contributed by atoms with van der Waals surface area (Å²) in [6.45, 7) is 2.58. The monoisotopic (exact) mass is 417 g/mol. The van der Waals surface area contributed by atoms with Gasteiger partial charge in [0.2, 0.25) is 0 Å². The maximum absolute atomic E-state index is 13.3. The van der Waals surface area contributed by atoms with E-state index >= 15 is 0 Å². The minimum atomic E-state index is -0.144. The zero-order valence-corrected chi connectivity index (χ0v) is 17.7. The molecule has 2 aromatic carbocycles. The van der Waals surface area contributed by atoms with E-state index in [9.17, 15) is 4.79 Å². The van der Waals surface area contributed by atoms with E-state index in [0.29, 0.717) is 47.0 Å². The smallest absolute Gasteiger partial charge is 0.259 e. The number of pyridine rings is 1. The van der Waals surface area contributed by atoms with Crippen LogP contribution in [0.25, 0.3) is 22.4 Å². The van der Waals surface area contributed by atoms with Gasteiger partial charge in [0, 0.05) is 12.6 Å². The fraction of sp³-hybridized carbons (Fsp3) is 0.208. The van der Waals surface area contributed by atoms with Gasteiger partial charge in [-0.15, -0.1) is 0 Å². The SMILES string of the molecule is COc1ccc(OCCN(C)C(=O)c2cc(-c3ccccc3)nc3onc(C)c23)cc1. The van der Waals surface area contributed by atoms with Crippen LogP contribution in [0.5, 0.6) is 11.5 Å². The van der Waals surface area contributed by atoms with Gasteiger partial charge in [0.25, 0.3) is 11.6 Å². The number of aromatic nitrogens is 2. The van der Waals surface area contributed by atoms with Gasteiger partial charge in [-0.25, -0.2) is 4.98 Å². The number of carbonyl (C=O) groups excluding carboxylic acids is 1. The normalized spacial score (nSPS) is 10.8. The number of methoxy groups -OCH3 is 1. The molecular formula is C24H23N3O4. The Balaban J connectivity index is 1.53. The Hall–Kier alpha value is -3.87. The Labute approximate surface area is 180 Å². The zero-order valence-electron chi connectivity index (χ0n) is 17.7. The molecule has 0 radical (unpaired) electrons. The van der Waals surface area contributed by atoms with Gasteiger partial charge in [-0.1, -0.05) is 35.5 Å². The first-order chi connectivity index (χ1) is 15.1. The third-order valence-corrected chi connectivity index (χ3v) is 5.02. The van der Waals surface area contributed by atoms with Gasteiger partial charge in [0.15, 0.2) is 0 Å². The van der Waals surface area contributed by atoms with Crippen molar-refractivity contribution in [2.24, 2.45) is 0 Å². The number of likely N-dealkylation sites (N-methyl/N-ethyl adjacent to an activating group) is 1. The van der Waals surface area contributed by atoms with E-state index in [-0.39, 0.29) is 5.91 Å². The molecular weight excluding hydrogens is 394 g/mol. The molecule has 4 rings (SSSR count). The van der Waals surface area contributed by atoms with Gasteiger partial charge >= 0.3 is 0 Å². The van der Waals surface area contributed by atoms with Crippen LogP contribution in [-0.2, 0) is 0 Å². The minimum absolute atomic E-state index is 0.144. The fourth-order valence-electron chi connectivity index (χ4n) is 3.30. The number of fused-ring (bicyclic) bond motifs is 1. The number of hydrogen-bond donors (Lipinski definition) is 0. The molecule has 7 heteroatoms. The Morgan fingerprint density at radius 2 is 1.77 bits per heavy atom. The molecule has 0 aliphatic rings. The summed E-state index contributed by atoms with van der Waals surface area (Å²) >= 11 is 0. The number of hydrogen-bond acceptors (Lipinski definition) is 6. The van der Waals surface area contributed by atoms with Crippen LogP contribution in [0.1, 0.15) is 16.1 Å². The molecule has 158 valence electrons. The third kappa shape index (κ3) is 4.35. The standard InChI is InChI=1S/C24H23N3O4/c1-16-22-20(15-21(25-23(22)31-26-16)17-7-5-4-6-8-17)24(28)27(2)13-14-30-19-11-9-18(29-3)10-12-19/h4-12,15H,13-14H2,1-3H3. The first-order valence-electron chi connectivity index (χ1n) is 9.91. The lowest BCUT2D eigenvalue weighted by molar-refractivity contribution is 0.0775. The van der Waals surface area contributed by atoms with Gasteiger partial charge in [-0.2, -0.15) is 0 Å². The molecule has 0 fully saturated rings. The highest BCUT2D eigenvalue weighted by Crippen LogP contribution is 2.27. The summed E-state index contributed by atoms with van der Waals surface area (Å²) in [4.78, 5) is 19.4. The van der Waals surface area contributed by atoms with Crippen LogP contribution in [0.4, 0.5) is 0 Å². The van der Waals surface area contributed by atoms with E-state index in [1.807, 2.05) is 54.6 Å². The lowest BCUT2D eigenvalue weighted by Gasteiger charge is -2.18. The number of nitrogens with zero attached hydrogens (tertiary/aromatic N) is 3. The zero-order chi connectivity index (χ0) is 21.8. The molecule has 0 saturated carbocycles. The van der Waals surface area contributed by atoms with Crippen LogP contribution in [0.3, 0.4) is 0 Å². The average molecular weight is 417 g/mol. The summed E-state index contributed by atoms with van der Waals surface area (Å²) in [6, 6.07) is 18.8. The highest BCUT2D eigenvalue weighted by molar-refractivity contribution is 6.06. The van der Waals surface area contributed by atoms with Crippen LogP contribution in [-0.4, -0.2) is 48.3 Å². The highest BCUT2D eigenvalue weighted by Gasteiger charge is 2.21. The van der Waals surface area contributed by atoms with E-state index in [2.05, 4.69) is 10.1 Å². The second-order valence-corrected chi connectivity index (χ2v) is 7.12. The van der Waals surface area contributed by atoms with Crippen LogP contribution in [0, 0.1) is 6.92 Å². The predicted molar refractivity (Wildman–Crippen MR) is 117 cm³/mol. The van der Waals surface area contributed by atoms with Crippen molar-refractivity contribution in [1.29, 1.82) is 0 Å². The van der Waals surface area contributed by atoms with Crippen molar-refractivity contribution in [2.75, 3.05) is 27.3 Å². The molecule has 7 nitrogen and oxygen atoms in total. The maximum atomic E-state index is 13.3. The van der Waals surface area contributed by atoms with Crippen molar-refractivity contribution >= 4 is 17.0 Å². The van der Waals surface area contributed by atoms with E-state index in [1.165, 1.54) is 0 Å². The average Bonchev–Trinajstić information content (AvgIpc) is 3.19. The van der Waals surface area contributed by atoms with Gasteiger partial charge in [0.05, 0.1) is 36.0 Å². The summed E-state index contributed by atoms with van der Waals surface area (Å²) in [6.07, 6.45) is 0. The molecule has 0 N–H and O–H groups in total. The minimum Gasteiger partial charge on any atom is -0.497 e. The van der Waals surface area contributed by atoms with E-state index < -0.39 is 0 Å². The lowest BCUT2D eigenvalue weighted by Crippen LogP contribution is -2.31. The molecule has 0 aliphatic carbocycles. The van der Waals surface area contributed by atoms with E-state index in [1.54, 1.807) is 32.0 Å². The molecule has 2 heterocycles. The molecule has 0 aliphatic heterocycles. The molecule has 0 bridgehead atoms. The summed E-state index contributed by atoms with van der Waals surface area (Å²) in [5.41, 5.74) is 3.06. The molecule has 4 aromatic rings. The summed E-state index contributed by atoms with van der Waals surface area (Å²) < 4.78 is 16.3. The van der Waals surface area contributed by atoms with E-state index in [0.717, 1.165) is 11.3 Å².